The topological polar surface area (TPSA) is 103 Å². The molecular formula is C18H20N2O6S. The van der Waals surface area contributed by atoms with Gasteiger partial charge in [-0.25, -0.2) is 13.1 Å². The van der Waals surface area contributed by atoms with Gasteiger partial charge in [0.05, 0.1) is 19.9 Å². The van der Waals surface area contributed by atoms with Crippen molar-refractivity contribution in [2.75, 3.05) is 26.1 Å². The van der Waals surface area contributed by atoms with E-state index in [4.69, 9.17) is 14.2 Å². The number of anilines is 1. The Morgan fingerprint density at radius 1 is 1.15 bits per heavy atom. The number of amides is 1. The average molecular weight is 392 g/mol. The molecule has 144 valence electrons. The van der Waals surface area contributed by atoms with Gasteiger partial charge in [-0.15, -0.1) is 0 Å². The lowest BCUT2D eigenvalue weighted by atomic mass is 10.2. The Morgan fingerprint density at radius 3 is 2.67 bits per heavy atom. The fraction of sp³-hybridized carbons (Fsp3) is 0.278. The number of benzene rings is 2. The molecule has 2 aromatic rings. The number of fused-ring (bicyclic) bond motifs is 1. The Morgan fingerprint density at radius 2 is 1.93 bits per heavy atom. The Labute approximate surface area is 157 Å². The molecule has 1 atom stereocenters. The molecular weight excluding hydrogens is 372 g/mol. The summed E-state index contributed by atoms with van der Waals surface area (Å²) in [6.45, 7) is 0.0256. The van der Waals surface area contributed by atoms with E-state index in [9.17, 15) is 13.2 Å². The summed E-state index contributed by atoms with van der Waals surface area (Å²) in [6.07, 6.45) is -0.599. The van der Waals surface area contributed by atoms with E-state index < -0.39 is 16.1 Å². The van der Waals surface area contributed by atoms with Crippen molar-refractivity contribution in [3.63, 3.8) is 0 Å². The highest BCUT2D eigenvalue weighted by Crippen LogP contribution is 2.30. The minimum absolute atomic E-state index is 0.00911. The molecule has 1 heterocycles. The molecule has 0 spiro atoms. The molecule has 0 radical (unpaired) electrons. The molecule has 0 aliphatic carbocycles. The molecule has 1 aliphatic heterocycles. The van der Waals surface area contributed by atoms with E-state index in [0.29, 0.717) is 17.2 Å². The first-order chi connectivity index (χ1) is 12.9. The van der Waals surface area contributed by atoms with Gasteiger partial charge in [0.2, 0.25) is 10.0 Å². The normalized spacial score (nSPS) is 16.1. The van der Waals surface area contributed by atoms with Crippen LogP contribution in [0.1, 0.15) is 6.42 Å². The van der Waals surface area contributed by atoms with Crippen molar-refractivity contribution in [1.29, 1.82) is 0 Å². The monoisotopic (exact) mass is 392 g/mol. The molecule has 0 saturated heterocycles. The maximum Gasteiger partial charge on any atom is 0.265 e. The Bertz CT molecular complexity index is 945. The number of hydrogen-bond acceptors (Lipinski definition) is 6. The molecule has 8 nitrogen and oxygen atoms in total. The fourth-order valence-corrected chi connectivity index (χ4v) is 3.88. The molecule has 27 heavy (non-hydrogen) atoms. The third-order valence-electron chi connectivity index (χ3n) is 4.07. The van der Waals surface area contributed by atoms with Gasteiger partial charge >= 0.3 is 0 Å². The van der Waals surface area contributed by atoms with Gasteiger partial charge in [0.15, 0.2) is 6.10 Å². The summed E-state index contributed by atoms with van der Waals surface area (Å²) in [7, 11) is -0.964. The summed E-state index contributed by atoms with van der Waals surface area (Å²) in [4.78, 5) is 12.1. The fourth-order valence-electron chi connectivity index (χ4n) is 2.68. The second kappa shape index (κ2) is 7.85. The van der Waals surface area contributed by atoms with Crippen molar-refractivity contribution in [2.24, 2.45) is 0 Å². The van der Waals surface area contributed by atoms with Crippen LogP contribution in [0, 0.1) is 0 Å². The number of carbonyl (C=O) groups is 1. The van der Waals surface area contributed by atoms with Crippen LogP contribution in [0.2, 0.25) is 0 Å². The van der Waals surface area contributed by atoms with Crippen LogP contribution < -0.4 is 24.2 Å². The predicted octanol–water partition coefficient (Wildman–Crippen LogP) is 1.77. The van der Waals surface area contributed by atoms with Crippen LogP contribution in [0.15, 0.2) is 47.4 Å². The summed E-state index contributed by atoms with van der Waals surface area (Å²) in [6, 6.07) is 11.5. The standard InChI is InChI=1S/C18H20N2O6S/c1-24-12-7-8-17(16(11-12)25-2)27(22,23)19-10-9-15-18(21)20-13-5-3-4-6-14(13)26-15/h3-8,11,15,19H,9-10H2,1-2H3,(H,20,21). The zero-order chi connectivity index (χ0) is 19.4. The van der Waals surface area contributed by atoms with Gasteiger partial charge in [-0.3, -0.25) is 4.79 Å². The molecule has 0 bridgehead atoms. The van der Waals surface area contributed by atoms with Crippen molar-refractivity contribution in [3.05, 3.63) is 42.5 Å². The van der Waals surface area contributed by atoms with E-state index in [1.54, 1.807) is 24.3 Å². The maximum absolute atomic E-state index is 12.6. The number of carbonyl (C=O) groups excluding carboxylic acids is 1. The summed E-state index contributed by atoms with van der Waals surface area (Å²) in [5, 5.41) is 2.75. The Kier molecular flexibility index (Phi) is 5.52. The van der Waals surface area contributed by atoms with Crippen LogP contribution in [0.4, 0.5) is 5.69 Å². The van der Waals surface area contributed by atoms with Crippen molar-refractivity contribution in [2.45, 2.75) is 17.4 Å². The molecule has 9 heteroatoms. The van der Waals surface area contributed by atoms with Crippen molar-refractivity contribution >= 4 is 21.6 Å². The molecule has 2 N–H and O–H groups in total. The zero-order valence-corrected chi connectivity index (χ0v) is 15.7. The zero-order valence-electron chi connectivity index (χ0n) is 14.9. The lowest BCUT2D eigenvalue weighted by Gasteiger charge is -2.25. The van der Waals surface area contributed by atoms with Crippen LogP contribution in [0.5, 0.6) is 17.2 Å². The highest BCUT2D eigenvalue weighted by Gasteiger charge is 2.28. The van der Waals surface area contributed by atoms with Gasteiger partial charge < -0.3 is 19.5 Å². The number of hydrogen-bond donors (Lipinski definition) is 2. The molecule has 1 unspecified atom stereocenters. The third kappa shape index (κ3) is 4.15. The van der Waals surface area contributed by atoms with Crippen LogP contribution in [0.3, 0.4) is 0 Å². The number of sulfonamides is 1. The first-order valence-electron chi connectivity index (χ1n) is 8.23. The lowest BCUT2D eigenvalue weighted by molar-refractivity contribution is -0.123. The summed E-state index contributed by atoms with van der Waals surface area (Å²) in [5.74, 6) is 0.899. The summed E-state index contributed by atoms with van der Waals surface area (Å²) in [5.41, 5.74) is 0.599. The SMILES string of the molecule is COc1ccc(S(=O)(=O)NCCC2Oc3ccccc3NC2=O)c(OC)c1. The molecule has 1 amide bonds. The smallest absolute Gasteiger partial charge is 0.265 e. The molecule has 0 fully saturated rings. The van der Waals surface area contributed by atoms with E-state index in [1.807, 2.05) is 0 Å². The van der Waals surface area contributed by atoms with E-state index >= 15 is 0 Å². The van der Waals surface area contributed by atoms with E-state index in [-0.39, 0.29) is 29.5 Å². The quantitative estimate of drug-likeness (QED) is 0.744. The lowest BCUT2D eigenvalue weighted by Crippen LogP contribution is -2.39. The molecule has 1 aliphatic rings. The van der Waals surface area contributed by atoms with Crippen molar-refractivity contribution in [3.8, 4) is 17.2 Å². The molecule has 0 aromatic heterocycles. The average Bonchev–Trinajstić information content (AvgIpc) is 2.67. The van der Waals surface area contributed by atoms with Gasteiger partial charge in [0, 0.05) is 19.0 Å². The summed E-state index contributed by atoms with van der Waals surface area (Å²) >= 11 is 0. The highest BCUT2D eigenvalue weighted by atomic mass is 32.2. The van der Waals surface area contributed by atoms with E-state index in [0.717, 1.165) is 0 Å². The minimum atomic E-state index is -3.82. The van der Waals surface area contributed by atoms with Gasteiger partial charge in [-0.1, -0.05) is 12.1 Å². The molecule has 2 aromatic carbocycles. The van der Waals surface area contributed by atoms with Crippen molar-refractivity contribution < 1.29 is 27.4 Å². The van der Waals surface area contributed by atoms with Crippen LogP contribution in [-0.2, 0) is 14.8 Å². The van der Waals surface area contributed by atoms with Crippen LogP contribution in [0.25, 0.3) is 0 Å². The number of methoxy groups -OCH3 is 2. The second-order valence-corrected chi connectivity index (χ2v) is 7.53. The van der Waals surface area contributed by atoms with Crippen molar-refractivity contribution in [1.82, 2.24) is 4.72 Å². The second-order valence-electron chi connectivity index (χ2n) is 5.80. The van der Waals surface area contributed by atoms with E-state index in [2.05, 4.69) is 10.0 Å². The van der Waals surface area contributed by atoms with Gasteiger partial charge in [-0.2, -0.15) is 0 Å². The minimum Gasteiger partial charge on any atom is -0.497 e. The Balaban J connectivity index is 1.66. The predicted molar refractivity (Wildman–Crippen MR) is 98.8 cm³/mol. The van der Waals surface area contributed by atoms with Gasteiger partial charge in [0.25, 0.3) is 5.91 Å². The number of para-hydroxylation sites is 2. The Hall–Kier alpha value is -2.78. The number of nitrogens with one attached hydrogen (secondary N) is 2. The summed E-state index contributed by atoms with van der Waals surface area (Å²) < 4.78 is 43.4. The first kappa shape index (κ1) is 19.0. The molecule has 3 rings (SSSR count). The van der Waals surface area contributed by atoms with Gasteiger partial charge in [-0.05, 0) is 24.3 Å². The molecule has 0 saturated carbocycles. The number of rotatable bonds is 7. The highest BCUT2D eigenvalue weighted by molar-refractivity contribution is 7.89. The number of ether oxygens (including phenoxy) is 3. The third-order valence-corrected chi connectivity index (χ3v) is 5.57. The maximum atomic E-state index is 12.6. The first-order valence-corrected chi connectivity index (χ1v) is 9.71. The van der Waals surface area contributed by atoms with Gasteiger partial charge in [0.1, 0.15) is 22.1 Å². The van der Waals surface area contributed by atoms with Crippen LogP contribution in [-0.4, -0.2) is 41.2 Å². The van der Waals surface area contributed by atoms with Crippen LogP contribution >= 0.6 is 0 Å². The van der Waals surface area contributed by atoms with E-state index in [1.165, 1.54) is 32.4 Å². The largest absolute Gasteiger partial charge is 0.497 e.